The van der Waals surface area contributed by atoms with E-state index in [1.54, 1.807) is 12.1 Å². The molecule has 0 amide bonds. The van der Waals surface area contributed by atoms with Gasteiger partial charge in [-0.15, -0.1) is 0 Å². The third-order valence-corrected chi connectivity index (χ3v) is 1.80. The van der Waals surface area contributed by atoms with E-state index < -0.39 is 5.92 Å². The summed E-state index contributed by atoms with van der Waals surface area (Å²) in [6.45, 7) is 6.78. The molecule has 2 heteroatoms. The monoisotopic (exact) mass is 176 g/mol. The fourth-order valence-electron chi connectivity index (χ4n) is 1.22. The van der Waals surface area contributed by atoms with Crippen LogP contribution < -0.4 is 0 Å². The van der Waals surface area contributed by atoms with Crippen LogP contribution >= 0.6 is 0 Å². The number of benzene rings is 1. The molecule has 0 heterocycles. The van der Waals surface area contributed by atoms with Crippen LogP contribution in [0.3, 0.4) is 0 Å². The van der Waals surface area contributed by atoms with Gasteiger partial charge in [0, 0.05) is 0 Å². The number of aliphatic hydroxyl groups is 2. The van der Waals surface area contributed by atoms with Crippen LogP contribution in [0.4, 0.5) is 0 Å². The van der Waals surface area contributed by atoms with Crippen molar-refractivity contribution in [3.05, 3.63) is 60.6 Å². The van der Waals surface area contributed by atoms with Gasteiger partial charge in [0.25, 0.3) is 0 Å². The largest absolute Gasteiger partial charge is 0.512 e. The fourth-order valence-corrected chi connectivity index (χ4v) is 1.22. The lowest BCUT2D eigenvalue weighted by molar-refractivity contribution is 0.320. The molecule has 1 aromatic rings. The maximum atomic E-state index is 9.22. The third kappa shape index (κ3) is 2.12. The van der Waals surface area contributed by atoms with Gasteiger partial charge in [-0.05, 0) is 5.56 Å². The van der Waals surface area contributed by atoms with Gasteiger partial charge in [-0.3, -0.25) is 0 Å². The smallest absolute Gasteiger partial charge is 0.100 e. The predicted molar refractivity (Wildman–Crippen MR) is 52.7 cm³/mol. The highest BCUT2D eigenvalue weighted by molar-refractivity contribution is 5.31. The van der Waals surface area contributed by atoms with Gasteiger partial charge in [-0.1, -0.05) is 43.5 Å². The summed E-state index contributed by atoms with van der Waals surface area (Å²) in [4.78, 5) is 0. The minimum absolute atomic E-state index is 0.0984. The van der Waals surface area contributed by atoms with Gasteiger partial charge in [-0.2, -0.15) is 0 Å². The van der Waals surface area contributed by atoms with Gasteiger partial charge >= 0.3 is 0 Å². The molecule has 68 valence electrons. The van der Waals surface area contributed by atoms with Crippen LogP contribution in [-0.2, 0) is 0 Å². The summed E-state index contributed by atoms with van der Waals surface area (Å²) in [7, 11) is 0. The molecule has 0 aliphatic carbocycles. The second-order valence-corrected chi connectivity index (χ2v) is 2.83. The topological polar surface area (TPSA) is 40.5 Å². The molecular formula is C11H12O2. The molecule has 0 bridgehead atoms. The van der Waals surface area contributed by atoms with Crippen LogP contribution in [0.15, 0.2) is 55.0 Å². The first kappa shape index (κ1) is 9.39. The van der Waals surface area contributed by atoms with Crippen molar-refractivity contribution in [1.29, 1.82) is 0 Å². The maximum absolute atomic E-state index is 9.22. The van der Waals surface area contributed by atoms with E-state index in [1.807, 2.05) is 18.2 Å². The summed E-state index contributed by atoms with van der Waals surface area (Å²) >= 11 is 0. The number of rotatable bonds is 3. The number of aliphatic hydroxyl groups excluding tert-OH is 2. The molecule has 0 aromatic heterocycles. The standard InChI is InChI=1S/C11H12O2/c1-8(12)11(9(2)13)10-6-4-3-5-7-10/h3-7,11-13H,1-2H2. The zero-order chi connectivity index (χ0) is 9.84. The first-order valence-corrected chi connectivity index (χ1v) is 3.93. The van der Waals surface area contributed by atoms with E-state index in [-0.39, 0.29) is 11.5 Å². The lowest BCUT2D eigenvalue weighted by atomic mass is 9.96. The maximum Gasteiger partial charge on any atom is 0.100 e. The van der Waals surface area contributed by atoms with Crippen LogP contribution in [0, 0.1) is 0 Å². The predicted octanol–water partition coefficient (Wildman–Crippen LogP) is 2.91. The molecule has 0 unspecified atom stereocenters. The summed E-state index contributed by atoms with van der Waals surface area (Å²) in [5.41, 5.74) is 0.780. The molecule has 0 atom stereocenters. The first-order chi connectivity index (χ1) is 6.13. The average molecular weight is 176 g/mol. The molecule has 0 fully saturated rings. The van der Waals surface area contributed by atoms with Crippen molar-refractivity contribution in [2.24, 2.45) is 0 Å². The minimum atomic E-state index is -0.582. The number of hydrogen-bond donors (Lipinski definition) is 2. The second kappa shape index (κ2) is 3.81. The lowest BCUT2D eigenvalue weighted by Crippen LogP contribution is -2.03. The molecule has 2 N–H and O–H groups in total. The van der Waals surface area contributed by atoms with Crippen molar-refractivity contribution in [2.45, 2.75) is 5.92 Å². The Morgan fingerprint density at radius 1 is 1.00 bits per heavy atom. The Kier molecular flexibility index (Phi) is 2.75. The molecule has 0 aliphatic heterocycles. The van der Waals surface area contributed by atoms with Gasteiger partial charge in [0.1, 0.15) is 11.5 Å². The van der Waals surface area contributed by atoms with E-state index in [1.165, 1.54) is 0 Å². The zero-order valence-electron chi connectivity index (χ0n) is 7.27. The molecule has 1 aromatic carbocycles. The molecule has 13 heavy (non-hydrogen) atoms. The van der Waals surface area contributed by atoms with Crippen LogP contribution in [0.5, 0.6) is 0 Å². The van der Waals surface area contributed by atoms with E-state index in [9.17, 15) is 10.2 Å². The summed E-state index contributed by atoms with van der Waals surface area (Å²) in [6.07, 6.45) is 0. The second-order valence-electron chi connectivity index (χ2n) is 2.83. The molecule has 0 saturated heterocycles. The molecule has 2 nitrogen and oxygen atoms in total. The van der Waals surface area contributed by atoms with Crippen molar-refractivity contribution < 1.29 is 10.2 Å². The van der Waals surface area contributed by atoms with Gasteiger partial charge in [0.2, 0.25) is 0 Å². The van der Waals surface area contributed by atoms with Crippen molar-refractivity contribution in [3.63, 3.8) is 0 Å². The fraction of sp³-hybridized carbons (Fsp3) is 0.0909. The molecule has 0 radical (unpaired) electrons. The summed E-state index contributed by atoms with van der Waals surface area (Å²) in [5, 5.41) is 18.4. The highest BCUT2D eigenvalue weighted by atomic mass is 16.3. The Morgan fingerprint density at radius 2 is 1.46 bits per heavy atom. The quantitative estimate of drug-likeness (QED) is 0.695. The Bertz CT molecular complexity index is 300. The van der Waals surface area contributed by atoms with Crippen LogP contribution in [-0.4, -0.2) is 10.2 Å². The molecule has 0 aliphatic rings. The Morgan fingerprint density at radius 3 is 1.85 bits per heavy atom. The van der Waals surface area contributed by atoms with E-state index in [2.05, 4.69) is 13.2 Å². The normalized spacial score (nSPS) is 9.92. The Balaban J connectivity index is 3.03. The lowest BCUT2D eigenvalue weighted by Gasteiger charge is -2.13. The first-order valence-electron chi connectivity index (χ1n) is 3.93. The van der Waals surface area contributed by atoms with E-state index in [0.29, 0.717) is 0 Å². The van der Waals surface area contributed by atoms with E-state index in [0.717, 1.165) is 5.56 Å². The van der Waals surface area contributed by atoms with Crippen molar-refractivity contribution in [2.75, 3.05) is 0 Å². The average Bonchev–Trinajstić information content (AvgIpc) is 2.04. The van der Waals surface area contributed by atoms with Gasteiger partial charge in [-0.25, -0.2) is 0 Å². The molecule has 0 spiro atoms. The van der Waals surface area contributed by atoms with Crippen LogP contribution in [0.2, 0.25) is 0 Å². The van der Waals surface area contributed by atoms with Crippen molar-refractivity contribution in [1.82, 2.24) is 0 Å². The molecule has 0 saturated carbocycles. The number of hydrogen-bond acceptors (Lipinski definition) is 2. The van der Waals surface area contributed by atoms with Crippen molar-refractivity contribution >= 4 is 0 Å². The zero-order valence-corrected chi connectivity index (χ0v) is 7.27. The van der Waals surface area contributed by atoms with Gasteiger partial charge in [0.05, 0.1) is 5.92 Å². The van der Waals surface area contributed by atoms with Gasteiger partial charge < -0.3 is 10.2 Å². The SMILES string of the molecule is C=C(O)C(C(=C)O)c1ccccc1. The minimum Gasteiger partial charge on any atom is -0.512 e. The third-order valence-electron chi connectivity index (χ3n) is 1.80. The van der Waals surface area contributed by atoms with Crippen molar-refractivity contribution in [3.8, 4) is 0 Å². The highest BCUT2D eigenvalue weighted by Crippen LogP contribution is 2.26. The Labute approximate surface area is 77.5 Å². The summed E-state index contributed by atoms with van der Waals surface area (Å²) < 4.78 is 0. The van der Waals surface area contributed by atoms with Crippen LogP contribution in [0.25, 0.3) is 0 Å². The molecular weight excluding hydrogens is 164 g/mol. The van der Waals surface area contributed by atoms with E-state index >= 15 is 0 Å². The van der Waals surface area contributed by atoms with E-state index in [4.69, 9.17) is 0 Å². The Hall–Kier alpha value is -1.70. The summed E-state index contributed by atoms with van der Waals surface area (Å²) in [6, 6.07) is 9.12. The summed E-state index contributed by atoms with van der Waals surface area (Å²) in [5.74, 6) is -0.779. The van der Waals surface area contributed by atoms with Crippen LogP contribution in [0.1, 0.15) is 11.5 Å². The highest BCUT2D eigenvalue weighted by Gasteiger charge is 2.16. The van der Waals surface area contributed by atoms with Gasteiger partial charge in [0.15, 0.2) is 0 Å². The molecule has 1 rings (SSSR count).